The predicted octanol–water partition coefficient (Wildman–Crippen LogP) is 11.1. The third-order valence-corrected chi connectivity index (χ3v) is 10.0. The van der Waals surface area contributed by atoms with E-state index in [4.69, 9.17) is 14.4 Å². The van der Waals surface area contributed by atoms with E-state index in [1.807, 2.05) is 36.4 Å². The molecular formula is C43H29N3O. The first-order valence-electron chi connectivity index (χ1n) is 16.1. The van der Waals surface area contributed by atoms with Gasteiger partial charge in [-0.2, -0.15) is 4.98 Å². The minimum atomic E-state index is -0.0632. The fraction of sp³-hybridized carbons (Fsp3) is 0.0698. The molecule has 9 aromatic rings. The van der Waals surface area contributed by atoms with Gasteiger partial charge in [-0.05, 0) is 58.7 Å². The van der Waals surface area contributed by atoms with Crippen LogP contribution >= 0.6 is 0 Å². The summed E-state index contributed by atoms with van der Waals surface area (Å²) in [6, 6.07) is 49.4. The molecule has 4 heteroatoms. The van der Waals surface area contributed by atoms with Gasteiger partial charge in [0, 0.05) is 38.4 Å². The van der Waals surface area contributed by atoms with Crippen LogP contribution in [0, 0.1) is 0 Å². The van der Waals surface area contributed by atoms with Gasteiger partial charge in [0.25, 0.3) is 0 Å². The van der Waals surface area contributed by atoms with E-state index in [2.05, 4.69) is 122 Å². The second-order valence-electron chi connectivity index (χ2n) is 13.0. The summed E-state index contributed by atoms with van der Waals surface area (Å²) in [4.78, 5) is 10.2. The van der Waals surface area contributed by atoms with E-state index < -0.39 is 0 Å². The second kappa shape index (κ2) is 9.51. The lowest BCUT2D eigenvalue weighted by atomic mass is 9.82. The highest BCUT2D eigenvalue weighted by molar-refractivity contribution is 6.12. The van der Waals surface area contributed by atoms with Gasteiger partial charge in [0.15, 0.2) is 5.82 Å². The lowest BCUT2D eigenvalue weighted by molar-refractivity contribution is 0.653. The molecule has 6 aromatic carbocycles. The third-order valence-electron chi connectivity index (χ3n) is 10.0. The zero-order valence-electron chi connectivity index (χ0n) is 26.0. The Kier molecular flexibility index (Phi) is 5.31. The SMILES string of the molecule is CC1(C)c2ccccc2-c2cc3c(cc21)c1ccccc1n3-c1cccc(-c2nc(-c3ccccc3)c3c(n2)oc2ccccc23)c1. The van der Waals surface area contributed by atoms with Crippen LogP contribution < -0.4 is 0 Å². The van der Waals surface area contributed by atoms with Crippen molar-refractivity contribution < 1.29 is 4.42 Å². The molecule has 222 valence electrons. The van der Waals surface area contributed by atoms with Gasteiger partial charge in [-0.1, -0.05) is 117 Å². The maximum absolute atomic E-state index is 6.33. The minimum absolute atomic E-state index is 0.0632. The molecule has 1 aliphatic carbocycles. The molecular weight excluding hydrogens is 574 g/mol. The standard InChI is InChI=1S/C43H29N3O/c1-43(2)34-20-9-6-17-29(34)32-25-37-33(24-35(32)43)30-18-7-10-21-36(30)46(37)28-16-12-15-27(23-28)41-44-40(26-13-4-3-5-14-26)39-31-19-8-11-22-38(31)47-42(39)45-41/h3-25H,1-2H3. The van der Waals surface area contributed by atoms with Crippen molar-refractivity contribution in [3.05, 3.63) is 151 Å². The lowest BCUT2D eigenvalue weighted by Gasteiger charge is -2.21. The van der Waals surface area contributed by atoms with Gasteiger partial charge in [-0.3, -0.25) is 0 Å². The van der Waals surface area contributed by atoms with Gasteiger partial charge >= 0.3 is 0 Å². The summed E-state index contributed by atoms with van der Waals surface area (Å²) in [5.74, 6) is 0.634. The highest BCUT2D eigenvalue weighted by Gasteiger charge is 2.36. The maximum Gasteiger partial charge on any atom is 0.231 e. The summed E-state index contributed by atoms with van der Waals surface area (Å²) in [7, 11) is 0. The Morgan fingerprint density at radius 3 is 2.19 bits per heavy atom. The Morgan fingerprint density at radius 1 is 0.553 bits per heavy atom. The molecule has 3 aromatic heterocycles. The van der Waals surface area contributed by atoms with Gasteiger partial charge < -0.3 is 8.98 Å². The monoisotopic (exact) mass is 603 g/mol. The van der Waals surface area contributed by atoms with E-state index in [-0.39, 0.29) is 5.41 Å². The van der Waals surface area contributed by atoms with Gasteiger partial charge in [0.05, 0.1) is 22.1 Å². The van der Waals surface area contributed by atoms with Crippen molar-refractivity contribution in [2.75, 3.05) is 0 Å². The average molecular weight is 604 g/mol. The van der Waals surface area contributed by atoms with Crippen LogP contribution in [0.4, 0.5) is 0 Å². The fourth-order valence-corrected chi connectivity index (χ4v) is 7.78. The molecule has 47 heavy (non-hydrogen) atoms. The average Bonchev–Trinajstić information content (AvgIpc) is 3.73. The number of para-hydroxylation sites is 2. The smallest absolute Gasteiger partial charge is 0.231 e. The van der Waals surface area contributed by atoms with Crippen molar-refractivity contribution in [1.29, 1.82) is 0 Å². The van der Waals surface area contributed by atoms with Crippen molar-refractivity contribution in [1.82, 2.24) is 14.5 Å². The number of fused-ring (bicyclic) bond motifs is 9. The van der Waals surface area contributed by atoms with Crippen LogP contribution in [-0.2, 0) is 5.41 Å². The van der Waals surface area contributed by atoms with Crippen molar-refractivity contribution >= 4 is 43.9 Å². The number of aromatic nitrogens is 3. The summed E-state index contributed by atoms with van der Waals surface area (Å²) in [5, 5.41) is 4.46. The largest absolute Gasteiger partial charge is 0.438 e. The molecule has 0 atom stereocenters. The van der Waals surface area contributed by atoms with E-state index in [9.17, 15) is 0 Å². The highest BCUT2D eigenvalue weighted by Crippen LogP contribution is 2.51. The molecule has 0 bridgehead atoms. The first-order chi connectivity index (χ1) is 23.1. The molecule has 4 nitrogen and oxygen atoms in total. The Labute approximate surface area is 271 Å². The molecule has 3 heterocycles. The van der Waals surface area contributed by atoms with Crippen LogP contribution in [0.25, 0.3) is 83.3 Å². The molecule has 0 saturated heterocycles. The molecule has 0 amide bonds. The molecule has 0 N–H and O–H groups in total. The summed E-state index contributed by atoms with van der Waals surface area (Å²) in [6.45, 7) is 4.68. The van der Waals surface area contributed by atoms with Crippen molar-refractivity contribution in [2.45, 2.75) is 19.3 Å². The number of benzene rings is 6. The zero-order chi connectivity index (χ0) is 31.3. The fourth-order valence-electron chi connectivity index (χ4n) is 7.78. The maximum atomic E-state index is 6.33. The number of furan rings is 1. The lowest BCUT2D eigenvalue weighted by Crippen LogP contribution is -2.14. The van der Waals surface area contributed by atoms with Crippen molar-refractivity contribution in [3.8, 4) is 39.5 Å². The third kappa shape index (κ3) is 3.70. The Morgan fingerprint density at radius 2 is 1.30 bits per heavy atom. The Hall–Kier alpha value is -6.00. The first-order valence-corrected chi connectivity index (χ1v) is 16.1. The van der Waals surface area contributed by atoms with Crippen LogP contribution in [0.15, 0.2) is 144 Å². The van der Waals surface area contributed by atoms with Gasteiger partial charge in [0.1, 0.15) is 5.58 Å². The van der Waals surface area contributed by atoms with Crippen LogP contribution in [0.3, 0.4) is 0 Å². The molecule has 0 radical (unpaired) electrons. The Balaban J connectivity index is 1.22. The van der Waals surface area contributed by atoms with E-state index in [1.165, 1.54) is 44.1 Å². The predicted molar refractivity (Wildman–Crippen MR) is 192 cm³/mol. The van der Waals surface area contributed by atoms with Crippen molar-refractivity contribution in [2.24, 2.45) is 0 Å². The summed E-state index contributed by atoms with van der Waals surface area (Å²) in [5.41, 5.74) is 13.0. The highest BCUT2D eigenvalue weighted by atomic mass is 16.3. The number of hydrogen-bond acceptors (Lipinski definition) is 3. The minimum Gasteiger partial charge on any atom is -0.438 e. The van der Waals surface area contributed by atoms with Gasteiger partial charge in [0.2, 0.25) is 5.71 Å². The van der Waals surface area contributed by atoms with E-state index in [0.29, 0.717) is 11.5 Å². The number of rotatable bonds is 3. The molecule has 10 rings (SSSR count). The summed E-state index contributed by atoms with van der Waals surface area (Å²) in [6.07, 6.45) is 0. The van der Waals surface area contributed by atoms with Crippen molar-refractivity contribution in [3.63, 3.8) is 0 Å². The quantitative estimate of drug-likeness (QED) is 0.202. The molecule has 0 fully saturated rings. The Bertz CT molecular complexity index is 2710. The van der Waals surface area contributed by atoms with Gasteiger partial charge in [-0.25, -0.2) is 4.98 Å². The van der Waals surface area contributed by atoms with Crippen LogP contribution in [0.5, 0.6) is 0 Å². The van der Waals surface area contributed by atoms with Crippen LogP contribution in [0.2, 0.25) is 0 Å². The molecule has 0 saturated carbocycles. The van der Waals surface area contributed by atoms with E-state index in [1.54, 1.807) is 0 Å². The second-order valence-corrected chi connectivity index (χ2v) is 13.0. The first kappa shape index (κ1) is 26.2. The number of hydrogen-bond donors (Lipinski definition) is 0. The summed E-state index contributed by atoms with van der Waals surface area (Å²) < 4.78 is 8.72. The molecule has 0 aliphatic heterocycles. The van der Waals surface area contributed by atoms with Gasteiger partial charge in [-0.15, -0.1) is 0 Å². The van der Waals surface area contributed by atoms with E-state index in [0.717, 1.165) is 38.9 Å². The van der Waals surface area contributed by atoms with Crippen LogP contribution in [-0.4, -0.2) is 14.5 Å². The normalized spacial score (nSPS) is 13.5. The van der Waals surface area contributed by atoms with Crippen LogP contribution in [0.1, 0.15) is 25.0 Å². The zero-order valence-corrected chi connectivity index (χ0v) is 26.0. The molecule has 1 aliphatic rings. The molecule has 0 unspecified atom stereocenters. The van der Waals surface area contributed by atoms with E-state index >= 15 is 0 Å². The summed E-state index contributed by atoms with van der Waals surface area (Å²) >= 11 is 0. The topological polar surface area (TPSA) is 43.9 Å². The molecule has 0 spiro atoms. The number of nitrogens with zero attached hydrogens (tertiary/aromatic N) is 3.